The average molecular weight is 390 g/mol. The van der Waals surface area contributed by atoms with Gasteiger partial charge in [0, 0.05) is 21.5 Å². The van der Waals surface area contributed by atoms with E-state index in [4.69, 9.17) is 0 Å². The van der Waals surface area contributed by atoms with Crippen LogP contribution in [-0.2, 0) is 0 Å². The summed E-state index contributed by atoms with van der Waals surface area (Å²) in [5.74, 6) is 0. The minimum absolute atomic E-state index is 0.847. The van der Waals surface area contributed by atoms with Crippen LogP contribution in [-0.4, -0.2) is 0 Å². The van der Waals surface area contributed by atoms with Gasteiger partial charge in [0.15, 0.2) is 0 Å². The van der Waals surface area contributed by atoms with E-state index < -0.39 is 0 Å². The van der Waals surface area contributed by atoms with Crippen LogP contribution >= 0.6 is 15.9 Å². The molecule has 3 aromatic rings. The maximum atomic E-state index is 4.14. The summed E-state index contributed by atoms with van der Waals surface area (Å²) in [5.41, 5.74) is 6.60. The van der Waals surface area contributed by atoms with Crippen molar-refractivity contribution in [2.75, 3.05) is 4.90 Å². The van der Waals surface area contributed by atoms with Crippen LogP contribution in [0.3, 0.4) is 0 Å². The van der Waals surface area contributed by atoms with Crippen molar-refractivity contribution < 1.29 is 0 Å². The predicted octanol–water partition coefficient (Wildman–Crippen LogP) is 7.26. The van der Waals surface area contributed by atoms with Crippen LogP contribution in [0.2, 0.25) is 0 Å². The van der Waals surface area contributed by atoms with Gasteiger partial charge in [0.25, 0.3) is 0 Å². The number of benzene rings is 3. The molecule has 0 N–H and O–H groups in total. The SMILES string of the molecule is C=CC(=C)N(c1ccc(C)cc1)c1ccc(-c2ccc(Br)cc2)cc1. The van der Waals surface area contributed by atoms with Crippen molar-refractivity contribution in [3.63, 3.8) is 0 Å². The van der Waals surface area contributed by atoms with Gasteiger partial charge in [-0.1, -0.05) is 71.0 Å². The molecule has 0 unspecified atom stereocenters. The molecule has 0 aliphatic carbocycles. The maximum Gasteiger partial charge on any atom is 0.0461 e. The van der Waals surface area contributed by atoms with E-state index in [1.807, 2.05) is 0 Å². The highest BCUT2D eigenvalue weighted by atomic mass is 79.9. The first-order valence-corrected chi connectivity index (χ1v) is 8.92. The standard InChI is InChI=1S/C23H20BrN/c1-4-18(3)25(22-13-5-17(2)6-14-22)23-15-9-20(10-16-23)19-7-11-21(24)12-8-19/h4-16H,1,3H2,2H3. The third kappa shape index (κ3) is 3.92. The lowest BCUT2D eigenvalue weighted by atomic mass is 10.0. The van der Waals surface area contributed by atoms with Crippen molar-refractivity contribution in [1.29, 1.82) is 0 Å². The van der Waals surface area contributed by atoms with Crippen LogP contribution in [0.4, 0.5) is 11.4 Å². The summed E-state index contributed by atoms with van der Waals surface area (Å²) in [7, 11) is 0. The largest absolute Gasteiger partial charge is 0.311 e. The summed E-state index contributed by atoms with van der Waals surface area (Å²) < 4.78 is 1.08. The second-order valence-corrected chi connectivity index (χ2v) is 6.84. The molecule has 0 aliphatic rings. The summed E-state index contributed by atoms with van der Waals surface area (Å²) in [4.78, 5) is 2.11. The number of anilines is 2. The Balaban J connectivity index is 1.96. The van der Waals surface area contributed by atoms with Gasteiger partial charge in [0.05, 0.1) is 0 Å². The molecule has 0 aromatic heterocycles. The molecule has 124 valence electrons. The second-order valence-electron chi connectivity index (χ2n) is 5.92. The van der Waals surface area contributed by atoms with Crippen molar-refractivity contribution in [2.24, 2.45) is 0 Å². The topological polar surface area (TPSA) is 3.24 Å². The second kappa shape index (κ2) is 7.54. The molecule has 0 atom stereocenters. The van der Waals surface area contributed by atoms with Crippen molar-refractivity contribution >= 4 is 27.3 Å². The molecule has 0 heterocycles. The highest BCUT2D eigenvalue weighted by Gasteiger charge is 2.11. The van der Waals surface area contributed by atoms with Gasteiger partial charge in [-0.25, -0.2) is 0 Å². The van der Waals surface area contributed by atoms with E-state index in [1.54, 1.807) is 6.08 Å². The van der Waals surface area contributed by atoms with Gasteiger partial charge in [-0.3, -0.25) is 0 Å². The van der Waals surface area contributed by atoms with Gasteiger partial charge in [-0.2, -0.15) is 0 Å². The predicted molar refractivity (Wildman–Crippen MR) is 112 cm³/mol. The van der Waals surface area contributed by atoms with Crippen LogP contribution < -0.4 is 4.90 Å². The summed E-state index contributed by atoms with van der Waals surface area (Å²) in [5, 5.41) is 0. The molecule has 0 aliphatic heterocycles. The molecule has 3 aromatic carbocycles. The minimum Gasteiger partial charge on any atom is -0.311 e. The van der Waals surface area contributed by atoms with Gasteiger partial charge in [-0.15, -0.1) is 0 Å². The zero-order chi connectivity index (χ0) is 17.8. The van der Waals surface area contributed by atoms with Gasteiger partial charge in [0.1, 0.15) is 0 Å². The number of nitrogens with zero attached hydrogens (tertiary/aromatic N) is 1. The molecule has 2 heteroatoms. The molecule has 0 radical (unpaired) electrons. The Hall–Kier alpha value is -2.58. The van der Waals surface area contributed by atoms with Crippen molar-refractivity contribution in [1.82, 2.24) is 0 Å². The Kier molecular flexibility index (Phi) is 5.20. The van der Waals surface area contributed by atoms with E-state index in [1.165, 1.54) is 16.7 Å². The van der Waals surface area contributed by atoms with E-state index >= 15 is 0 Å². The summed E-state index contributed by atoms with van der Waals surface area (Å²) >= 11 is 3.48. The average Bonchev–Trinajstić information content (AvgIpc) is 2.64. The maximum absolute atomic E-state index is 4.14. The van der Waals surface area contributed by atoms with Gasteiger partial charge in [0.2, 0.25) is 0 Å². The van der Waals surface area contributed by atoms with Crippen molar-refractivity contribution in [3.05, 3.63) is 108 Å². The molecule has 0 fully saturated rings. The summed E-state index contributed by atoms with van der Waals surface area (Å²) in [6.07, 6.45) is 1.78. The van der Waals surface area contributed by atoms with E-state index in [-0.39, 0.29) is 0 Å². The highest BCUT2D eigenvalue weighted by Crippen LogP contribution is 2.32. The number of rotatable bonds is 5. The number of aryl methyl sites for hydroxylation is 1. The van der Waals surface area contributed by atoms with Crippen LogP contribution in [0.5, 0.6) is 0 Å². The van der Waals surface area contributed by atoms with Crippen LogP contribution in [0.25, 0.3) is 11.1 Å². The van der Waals surface area contributed by atoms with Gasteiger partial charge >= 0.3 is 0 Å². The monoisotopic (exact) mass is 389 g/mol. The fourth-order valence-corrected chi connectivity index (χ4v) is 2.98. The zero-order valence-corrected chi connectivity index (χ0v) is 15.8. The Labute approximate surface area is 158 Å². The van der Waals surface area contributed by atoms with Crippen LogP contribution in [0, 0.1) is 6.92 Å². The lowest BCUT2D eigenvalue weighted by molar-refractivity contribution is 1.22. The normalized spacial score (nSPS) is 10.3. The quantitative estimate of drug-likeness (QED) is 0.414. The van der Waals surface area contributed by atoms with E-state index in [9.17, 15) is 0 Å². The molecule has 0 saturated carbocycles. The number of hydrogen-bond acceptors (Lipinski definition) is 1. The third-order valence-electron chi connectivity index (χ3n) is 4.12. The van der Waals surface area contributed by atoms with Crippen molar-refractivity contribution in [3.8, 4) is 11.1 Å². The highest BCUT2D eigenvalue weighted by molar-refractivity contribution is 9.10. The first kappa shape index (κ1) is 17.2. The smallest absolute Gasteiger partial charge is 0.0461 e. The number of allylic oxidation sites excluding steroid dienone is 1. The molecular weight excluding hydrogens is 370 g/mol. The lowest BCUT2D eigenvalue weighted by Crippen LogP contribution is -2.13. The van der Waals surface area contributed by atoms with E-state index in [2.05, 4.69) is 114 Å². The first-order valence-electron chi connectivity index (χ1n) is 8.12. The minimum atomic E-state index is 0.847. The number of halogens is 1. The zero-order valence-electron chi connectivity index (χ0n) is 14.2. The van der Waals surface area contributed by atoms with Gasteiger partial charge < -0.3 is 4.90 Å². The molecule has 0 bridgehead atoms. The Morgan fingerprint density at radius 3 is 1.72 bits per heavy atom. The fourth-order valence-electron chi connectivity index (χ4n) is 2.71. The summed E-state index contributed by atoms with van der Waals surface area (Å²) in [6.45, 7) is 10.1. The molecule has 0 spiro atoms. The molecular formula is C23H20BrN. The van der Waals surface area contributed by atoms with Crippen LogP contribution in [0.1, 0.15) is 5.56 Å². The summed E-state index contributed by atoms with van der Waals surface area (Å²) in [6, 6.07) is 25.3. The molecule has 3 rings (SSSR count). The third-order valence-corrected chi connectivity index (χ3v) is 4.65. The van der Waals surface area contributed by atoms with E-state index in [0.29, 0.717) is 0 Å². The molecule has 1 nitrogen and oxygen atoms in total. The molecule has 0 amide bonds. The van der Waals surface area contributed by atoms with Crippen molar-refractivity contribution in [2.45, 2.75) is 6.92 Å². The fraction of sp³-hybridized carbons (Fsp3) is 0.0435. The Morgan fingerprint density at radius 2 is 1.24 bits per heavy atom. The van der Waals surface area contributed by atoms with Crippen LogP contribution in [0.15, 0.2) is 102 Å². The first-order chi connectivity index (χ1) is 12.1. The number of hydrogen-bond donors (Lipinski definition) is 0. The Bertz CT molecular complexity index is 875. The molecule has 0 saturated heterocycles. The van der Waals surface area contributed by atoms with E-state index in [0.717, 1.165) is 21.5 Å². The Morgan fingerprint density at radius 1 is 0.800 bits per heavy atom. The lowest BCUT2D eigenvalue weighted by Gasteiger charge is -2.25. The molecule has 25 heavy (non-hydrogen) atoms. The van der Waals surface area contributed by atoms with Gasteiger partial charge in [-0.05, 0) is 60.5 Å².